The Labute approximate surface area is 160 Å². The van der Waals surface area contributed by atoms with Gasteiger partial charge in [0.25, 0.3) is 10.0 Å². The third-order valence-corrected chi connectivity index (χ3v) is 7.29. The predicted molar refractivity (Wildman–Crippen MR) is 107 cm³/mol. The van der Waals surface area contributed by atoms with Gasteiger partial charge in [-0.2, -0.15) is 0 Å². The van der Waals surface area contributed by atoms with Crippen LogP contribution in [0.1, 0.15) is 42.1 Å². The number of carbonyl (C=O) groups excluding carboxylic acids is 1. The molecular formula is C21H24N2O3S. The third-order valence-electron chi connectivity index (χ3n) is 5.46. The molecule has 0 bridgehead atoms. The summed E-state index contributed by atoms with van der Waals surface area (Å²) in [5, 5.41) is 0. The number of hydrogen-bond donors (Lipinski definition) is 0. The van der Waals surface area contributed by atoms with E-state index < -0.39 is 10.0 Å². The van der Waals surface area contributed by atoms with E-state index in [0.717, 1.165) is 42.9 Å². The molecule has 4 rings (SSSR count). The molecular weight excluding hydrogens is 360 g/mol. The normalized spacial score (nSPS) is 17.1. The lowest BCUT2D eigenvalue weighted by atomic mass is 10.0. The first kappa shape index (κ1) is 18.0. The van der Waals surface area contributed by atoms with Crippen LogP contribution >= 0.6 is 0 Å². The Morgan fingerprint density at radius 2 is 1.63 bits per heavy atom. The number of Topliss-reactive ketones (excluding diaryl/α,β-unsaturated/α-hetero) is 1. The molecule has 2 aromatic rings. The first-order chi connectivity index (χ1) is 13.0. The quantitative estimate of drug-likeness (QED) is 0.756. The maximum absolute atomic E-state index is 13.3. The highest BCUT2D eigenvalue weighted by Crippen LogP contribution is 2.35. The number of fused-ring (bicyclic) bond motifs is 1. The predicted octanol–water partition coefficient (Wildman–Crippen LogP) is 3.63. The highest BCUT2D eigenvalue weighted by atomic mass is 32.2. The van der Waals surface area contributed by atoms with Crippen molar-refractivity contribution >= 4 is 27.2 Å². The third kappa shape index (κ3) is 3.34. The lowest BCUT2D eigenvalue weighted by Crippen LogP contribution is -2.35. The molecule has 2 aromatic carbocycles. The van der Waals surface area contributed by atoms with Crippen LogP contribution in [0.25, 0.3) is 0 Å². The molecule has 2 heterocycles. The molecule has 1 fully saturated rings. The Kier molecular flexibility index (Phi) is 4.68. The van der Waals surface area contributed by atoms with Crippen molar-refractivity contribution in [2.45, 2.75) is 37.5 Å². The van der Waals surface area contributed by atoms with Crippen LogP contribution in [-0.4, -0.2) is 33.8 Å². The summed E-state index contributed by atoms with van der Waals surface area (Å²) in [6.07, 6.45) is 4.06. The average molecular weight is 385 g/mol. The molecule has 27 heavy (non-hydrogen) atoms. The van der Waals surface area contributed by atoms with E-state index in [1.807, 2.05) is 6.07 Å². The molecule has 5 nitrogen and oxygen atoms in total. The fourth-order valence-electron chi connectivity index (χ4n) is 3.94. The number of carbonyl (C=O) groups is 1. The monoisotopic (exact) mass is 384 g/mol. The van der Waals surface area contributed by atoms with Gasteiger partial charge in [0.05, 0.1) is 10.6 Å². The second-order valence-corrected chi connectivity index (χ2v) is 9.13. The van der Waals surface area contributed by atoms with E-state index in [0.29, 0.717) is 12.1 Å². The molecule has 2 aliphatic rings. The number of aryl methyl sites for hydroxylation is 1. The van der Waals surface area contributed by atoms with E-state index >= 15 is 0 Å². The Morgan fingerprint density at radius 1 is 0.926 bits per heavy atom. The van der Waals surface area contributed by atoms with Crippen LogP contribution in [0.15, 0.2) is 47.4 Å². The zero-order valence-electron chi connectivity index (χ0n) is 15.5. The first-order valence-electron chi connectivity index (χ1n) is 9.48. The van der Waals surface area contributed by atoms with Gasteiger partial charge in [-0.15, -0.1) is 0 Å². The van der Waals surface area contributed by atoms with Crippen molar-refractivity contribution in [3.05, 3.63) is 53.6 Å². The van der Waals surface area contributed by atoms with Gasteiger partial charge in [-0.25, -0.2) is 8.42 Å². The van der Waals surface area contributed by atoms with Crippen molar-refractivity contribution < 1.29 is 13.2 Å². The summed E-state index contributed by atoms with van der Waals surface area (Å²) in [6, 6.07) is 12.4. The minimum absolute atomic E-state index is 0.0717. The SMILES string of the molecule is CC(=O)c1ccc(S(=O)(=O)N2CCCc3ccc(N4CCCC4)cc32)cc1. The lowest BCUT2D eigenvalue weighted by Gasteiger charge is -2.32. The molecule has 142 valence electrons. The first-order valence-corrected chi connectivity index (χ1v) is 10.9. The zero-order chi connectivity index (χ0) is 19.0. The van der Waals surface area contributed by atoms with Crippen LogP contribution in [0.5, 0.6) is 0 Å². The van der Waals surface area contributed by atoms with E-state index in [1.165, 1.54) is 36.2 Å². The van der Waals surface area contributed by atoms with Crippen LogP contribution in [0.3, 0.4) is 0 Å². The van der Waals surface area contributed by atoms with Gasteiger partial charge in [0.1, 0.15) is 0 Å². The number of hydrogen-bond acceptors (Lipinski definition) is 4. The molecule has 0 aliphatic carbocycles. The largest absolute Gasteiger partial charge is 0.371 e. The number of sulfonamides is 1. The topological polar surface area (TPSA) is 57.7 Å². The highest BCUT2D eigenvalue weighted by molar-refractivity contribution is 7.92. The second-order valence-electron chi connectivity index (χ2n) is 7.27. The number of rotatable bonds is 4. The molecule has 0 amide bonds. The van der Waals surface area contributed by atoms with E-state index in [9.17, 15) is 13.2 Å². The van der Waals surface area contributed by atoms with Crippen LogP contribution in [-0.2, 0) is 16.4 Å². The molecule has 2 aliphatic heterocycles. The summed E-state index contributed by atoms with van der Waals surface area (Å²) in [6.45, 7) is 4.01. The summed E-state index contributed by atoms with van der Waals surface area (Å²) >= 11 is 0. The molecule has 6 heteroatoms. The highest BCUT2D eigenvalue weighted by Gasteiger charge is 2.30. The van der Waals surface area contributed by atoms with Crippen molar-refractivity contribution in [1.82, 2.24) is 0 Å². The molecule has 0 aromatic heterocycles. The van der Waals surface area contributed by atoms with Crippen LogP contribution in [0.4, 0.5) is 11.4 Å². The smallest absolute Gasteiger partial charge is 0.264 e. The van der Waals surface area contributed by atoms with Gasteiger partial charge in [-0.05, 0) is 62.4 Å². The molecule has 0 N–H and O–H groups in total. The van der Waals surface area contributed by atoms with Gasteiger partial charge >= 0.3 is 0 Å². The summed E-state index contributed by atoms with van der Waals surface area (Å²) in [7, 11) is -3.65. The Balaban J connectivity index is 1.72. The second kappa shape index (κ2) is 7.00. The van der Waals surface area contributed by atoms with Gasteiger partial charge in [0, 0.05) is 30.9 Å². The number of ketones is 1. The average Bonchev–Trinajstić information content (AvgIpc) is 3.22. The van der Waals surface area contributed by atoms with Gasteiger partial charge in [0.15, 0.2) is 5.78 Å². The summed E-state index contributed by atoms with van der Waals surface area (Å²) in [5.74, 6) is -0.0717. The lowest BCUT2D eigenvalue weighted by molar-refractivity contribution is 0.101. The molecule has 0 atom stereocenters. The molecule has 0 spiro atoms. The van der Waals surface area contributed by atoms with Crippen molar-refractivity contribution in [3.63, 3.8) is 0 Å². The van der Waals surface area contributed by atoms with Crippen LogP contribution in [0, 0.1) is 0 Å². The van der Waals surface area contributed by atoms with E-state index in [4.69, 9.17) is 0 Å². The van der Waals surface area contributed by atoms with Crippen LogP contribution in [0.2, 0.25) is 0 Å². The van der Waals surface area contributed by atoms with Gasteiger partial charge in [0.2, 0.25) is 0 Å². The maximum atomic E-state index is 13.3. The zero-order valence-corrected chi connectivity index (χ0v) is 16.3. The van der Waals surface area contributed by atoms with E-state index in [-0.39, 0.29) is 10.7 Å². The van der Waals surface area contributed by atoms with E-state index in [2.05, 4.69) is 17.0 Å². The van der Waals surface area contributed by atoms with Gasteiger partial charge < -0.3 is 4.90 Å². The number of nitrogens with zero attached hydrogens (tertiary/aromatic N) is 2. The van der Waals surface area contributed by atoms with Gasteiger partial charge in [-0.3, -0.25) is 9.10 Å². The Morgan fingerprint density at radius 3 is 2.30 bits per heavy atom. The summed E-state index contributed by atoms with van der Waals surface area (Å²) in [4.78, 5) is 14.0. The summed E-state index contributed by atoms with van der Waals surface area (Å²) in [5.41, 5.74) is 3.49. The Bertz CT molecular complexity index is 961. The molecule has 1 saturated heterocycles. The summed E-state index contributed by atoms with van der Waals surface area (Å²) < 4.78 is 28.1. The molecule has 0 saturated carbocycles. The van der Waals surface area contributed by atoms with E-state index in [1.54, 1.807) is 12.1 Å². The minimum Gasteiger partial charge on any atom is -0.371 e. The van der Waals surface area contributed by atoms with Crippen molar-refractivity contribution in [2.75, 3.05) is 28.8 Å². The van der Waals surface area contributed by atoms with Crippen molar-refractivity contribution in [3.8, 4) is 0 Å². The van der Waals surface area contributed by atoms with Crippen molar-refractivity contribution in [2.24, 2.45) is 0 Å². The van der Waals surface area contributed by atoms with Crippen LogP contribution < -0.4 is 9.21 Å². The van der Waals surface area contributed by atoms with Crippen molar-refractivity contribution in [1.29, 1.82) is 0 Å². The van der Waals surface area contributed by atoms with Gasteiger partial charge in [-0.1, -0.05) is 18.2 Å². The molecule has 0 radical (unpaired) electrons. The Hall–Kier alpha value is -2.34. The number of anilines is 2. The number of benzene rings is 2. The standard InChI is InChI=1S/C21H24N2O3S/c1-16(24)17-7-10-20(11-8-17)27(25,26)23-14-4-5-18-6-9-19(15-21(18)23)22-12-2-3-13-22/h6-11,15H,2-5,12-14H2,1H3. The minimum atomic E-state index is -3.65. The maximum Gasteiger partial charge on any atom is 0.264 e. The fraction of sp³-hybridized carbons (Fsp3) is 0.381. The fourth-order valence-corrected chi connectivity index (χ4v) is 5.47. The molecule has 0 unspecified atom stereocenters.